The number of nitrogens with zero attached hydrogens (tertiary/aromatic N) is 2. The zero-order valence-electron chi connectivity index (χ0n) is 13.7. The van der Waals surface area contributed by atoms with Crippen LogP contribution in [0, 0.1) is 6.92 Å². The maximum atomic E-state index is 12.7. The number of rotatable bonds is 4. The van der Waals surface area contributed by atoms with Gasteiger partial charge in [0.2, 0.25) is 0 Å². The first-order chi connectivity index (χ1) is 11.4. The number of aryl methyl sites for hydroxylation is 1. The zero-order valence-corrected chi connectivity index (χ0v) is 15.4. The highest BCUT2D eigenvalue weighted by molar-refractivity contribution is 7.89. The van der Waals surface area contributed by atoms with Crippen molar-refractivity contribution in [2.24, 2.45) is 0 Å². The van der Waals surface area contributed by atoms with Crippen LogP contribution in [-0.2, 0) is 10.0 Å². The fourth-order valence-corrected chi connectivity index (χ4v) is 4.62. The SMILES string of the molecule is Cc1ccc(-c2nc(S(=O)(=O)N(C)C)c(-c3ccccc3)s2)cc1. The Morgan fingerprint density at radius 1 is 0.917 bits per heavy atom. The zero-order chi connectivity index (χ0) is 17.3. The van der Waals surface area contributed by atoms with E-state index in [1.807, 2.05) is 61.5 Å². The molecule has 0 spiro atoms. The maximum absolute atomic E-state index is 12.7. The number of hydrogen-bond donors (Lipinski definition) is 0. The molecule has 3 aromatic rings. The van der Waals surface area contributed by atoms with E-state index in [1.54, 1.807) is 0 Å². The van der Waals surface area contributed by atoms with Crippen molar-refractivity contribution in [3.05, 3.63) is 60.2 Å². The molecule has 2 aromatic carbocycles. The summed E-state index contributed by atoms with van der Waals surface area (Å²) in [6.45, 7) is 2.02. The van der Waals surface area contributed by atoms with E-state index in [9.17, 15) is 8.42 Å². The summed E-state index contributed by atoms with van der Waals surface area (Å²) in [6, 6.07) is 17.4. The fourth-order valence-electron chi connectivity index (χ4n) is 2.25. The van der Waals surface area contributed by atoms with Gasteiger partial charge in [-0.15, -0.1) is 11.3 Å². The van der Waals surface area contributed by atoms with Gasteiger partial charge in [0.25, 0.3) is 10.0 Å². The third-order valence-corrected chi connectivity index (χ3v) is 6.68. The van der Waals surface area contributed by atoms with Gasteiger partial charge < -0.3 is 0 Å². The molecule has 0 amide bonds. The average Bonchev–Trinajstić information content (AvgIpc) is 3.02. The molecular weight excluding hydrogens is 340 g/mol. The normalized spacial score (nSPS) is 11.8. The van der Waals surface area contributed by atoms with Gasteiger partial charge in [0.05, 0.1) is 4.88 Å². The Labute approximate surface area is 146 Å². The Kier molecular flexibility index (Phi) is 4.54. The Balaban J connectivity index is 2.22. The van der Waals surface area contributed by atoms with Gasteiger partial charge >= 0.3 is 0 Å². The minimum atomic E-state index is -3.62. The summed E-state index contributed by atoms with van der Waals surface area (Å²) in [4.78, 5) is 5.13. The lowest BCUT2D eigenvalue weighted by Gasteiger charge is -2.10. The number of hydrogen-bond acceptors (Lipinski definition) is 4. The average molecular weight is 358 g/mol. The second kappa shape index (κ2) is 6.47. The monoisotopic (exact) mass is 358 g/mol. The van der Waals surface area contributed by atoms with E-state index in [0.29, 0.717) is 9.88 Å². The van der Waals surface area contributed by atoms with Crippen LogP contribution in [0.25, 0.3) is 21.0 Å². The molecule has 0 aliphatic heterocycles. The second-order valence-electron chi connectivity index (χ2n) is 5.67. The van der Waals surface area contributed by atoms with Crippen LogP contribution in [-0.4, -0.2) is 31.8 Å². The van der Waals surface area contributed by atoms with Gasteiger partial charge in [-0.25, -0.2) is 17.7 Å². The molecule has 0 atom stereocenters. The minimum Gasteiger partial charge on any atom is -0.222 e. The summed E-state index contributed by atoms with van der Waals surface area (Å²) in [5.74, 6) is 0. The Morgan fingerprint density at radius 3 is 2.12 bits per heavy atom. The summed E-state index contributed by atoms with van der Waals surface area (Å²) in [5.41, 5.74) is 2.93. The molecule has 0 saturated heterocycles. The summed E-state index contributed by atoms with van der Waals surface area (Å²) >= 11 is 1.40. The number of thiazole rings is 1. The van der Waals surface area contributed by atoms with Gasteiger partial charge in [0.1, 0.15) is 5.01 Å². The lowest BCUT2D eigenvalue weighted by atomic mass is 10.2. The van der Waals surface area contributed by atoms with Crippen molar-refractivity contribution in [1.29, 1.82) is 0 Å². The lowest BCUT2D eigenvalue weighted by Crippen LogP contribution is -2.23. The van der Waals surface area contributed by atoms with Crippen molar-refractivity contribution in [3.63, 3.8) is 0 Å². The predicted octanol–water partition coefficient (Wildman–Crippen LogP) is 4.04. The third-order valence-electron chi connectivity index (χ3n) is 3.66. The van der Waals surface area contributed by atoms with Crippen LogP contribution in [0.2, 0.25) is 0 Å². The number of aromatic nitrogens is 1. The molecule has 0 N–H and O–H groups in total. The largest absolute Gasteiger partial charge is 0.261 e. The maximum Gasteiger partial charge on any atom is 0.261 e. The standard InChI is InChI=1S/C18H18N2O2S2/c1-13-9-11-15(12-10-13)17-19-18(24(21,22)20(2)3)16(23-17)14-7-5-4-6-8-14/h4-12H,1-3H3. The van der Waals surface area contributed by atoms with Crippen LogP contribution in [0.5, 0.6) is 0 Å². The van der Waals surface area contributed by atoms with Crippen LogP contribution >= 0.6 is 11.3 Å². The molecule has 6 heteroatoms. The predicted molar refractivity (Wildman–Crippen MR) is 98.6 cm³/mol. The van der Waals surface area contributed by atoms with Crippen LogP contribution in [0.4, 0.5) is 0 Å². The van der Waals surface area contributed by atoms with Gasteiger partial charge in [0.15, 0.2) is 5.03 Å². The van der Waals surface area contributed by atoms with E-state index in [2.05, 4.69) is 4.98 Å². The molecule has 0 bridgehead atoms. The van der Waals surface area contributed by atoms with Gasteiger partial charge in [-0.1, -0.05) is 60.2 Å². The highest BCUT2D eigenvalue weighted by atomic mass is 32.2. The third kappa shape index (κ3) is 3.13. The highest BCUT2D eigenvalue weighted by Crippen LogP contribution is 2.38. The summed E-state index contributed by atoms with van der Waals surface area (Å²) in [7, 11) is -0.573. The highest BCUT2D eigenvalue weighted by Gasteiger charge is 2.27. The van der Waals surface area contributed by atoms with E-state index >= 15 is 0 Å². The van der Waals surface area contributed by atoms with Crippen molar-refractivity contribution in [3.8, 4) is 21.0 Å². The van der Waals surface area contributed by atoms with Gasteiger partial charge in [-0.05, 0) is 12.5 Å². The van der Waals surface area contributed by atoms with Crippen LogP contribution in [0.15, 0.2) is 59.6 Å². The summed E-state index contributed by atoms with van der Waals surface area (Å²) in [6.07, 6.45) is 0. The second-order valence-corrected chi connectivity index (χ2v) is 8.74. The molecule has 1 aromatic heterocycles. The van der Waals surface area contributed by atoms with Crippen molar-refractivity contribution < 1.29 is 8.42 Å². The quantitative estimate of drug-likeness (QED) is 0.707. The first-order valence-electron chi connectivity index (χ1n) is 7.45. The molecule has 0 unspecified atom stereocenters. The molecule has 4 nitrogen and oxygen atoms in total. The van der Waals surface area contributed by atoms with Crippen molar-refractivity contribution in [2.75, 3.05) is 14.1 Å². The van der Waals surface area contributed by atoms with E-state index in [0.717, 1.165) is 16.7 Å². The lowest BCUT2D eigenvalue weighted by molar-refractivity contribution is 0.518. The fraction of sp³-hybridized carbons (Fsp3) is 0.167. The molecule has 3 rings (SSSR count). The molecule has 0 fully saturated rings. The van der Waals surface area contributed by atoms with Crippen LogP contribution in [0.1, 0.15) is 5.56 Å². The summed E-state index contributed by atoms with van der Waals surface area (Å²) in [5, 5.41) is 0.813. The first kappa shape index (κ1) is 16.8. The van der Waals surface area contributed by atoms with Crippen molar-refractivity contribution in [2.45, 2.75) is 11.9 Å². The van der Waals surface area contributed by atoms with Crippen LogP contribution in [0.3, 0.4) is 0 Å². The van der Waals surface area contributed by atoms with Crippen molar-refractivity contribution in [1.82, 2.24) is 9.29 Å². The molecule has 0 radical (unpaired) electrons. The van der Waals surface area contributed by atoms with Gasteiger partial charge in [-0.3, -0.25) is 0 Å². The van der Waals surface area contributed by atoms with Crippen molar-refractivity contribution >= 4 is 21.4 Å². The number of sulfonamides is 1. The molecule has 0 aliphatic rings. The topological polar surface area (TPSA) is 50.3 Å². The smallest absolute Gasteiger partial charge is 0.222 e. The first-order valence-corrected chi connectivity index (χ1v) is 9.71. The van der Waals surface area contributed by atoms with Gasteiger partial charge in [-0.2, -0.15) is 0 Å². The molecular formula is C18H18N2O2S2. The molecule has 0 saturated carbocycles. The molecule has 124 valence electrons. The Bertz CT molecular complexity index is 944. The molecule has 0 aliphatic carbocycles. The van der Waals surface area contributed by atoms with E-state index in [-0.39, 0.29) is 5.03 Å². The Hall–Kier alpha value is -2.02. The molecule has 24 heavy (non-hydrogen) atoms. The summed E-state index contributed by atoms with van der Waals surface area (Å²) < 4.78 is 26.6. The van der Waals surface area contributed by atoms with E-state index < -0.39 is 10.0 Å². The van der Waals surface area contributed by atoms with E-state index in [1.165, 1.54) is 29.7 Å². The Morgan fingerprint density at radius 2 is 1.54 bits per heavy atom. The van der Waals surface area contributed by atoms with E-state index in [4.69, 9.17) is 0 Å². The molecule has 1 heterocycles. The van der Waals surface area contributed by atoms with Gasteiger partial charge in [0, 0.05) is 19.7 Å². The van der Waals surface area contributed by atoms with Crippen LogP contribution < -0.4 is 0 Å². The number of benzene rings is 2. The minimum absolute atomic E-state index is 0.110.